The Morgan fingerprint density at radius 1 is 1.18 bits per heavy atom. The molecule has 7 heteroatoms. The molecule has 2 amide bonds. The van der Waals surface area contributed by atoms with Crippen LogP contribution >= 0.6 is 11.8 Å². The Bertz CT molecular complexity index is 625. The number of halogens is 2. The van der Waals surface area contributed by atoms with Gasteiger partial charge >= 0.3 is 6.03 Å². The number of thioether (sulfide) groups is 1. The predicted molar refractivity (Wildman–Crippen MR) is 83.1 cm³/mol. The molecular formula is C15H15F2N3OS. The predicted octanol–water partition coefficient (Wildman–Crippen LogP) is 4.28. The Hall–Kier alpha value is -2.15. The number of nitrogens with zero attached hydrogens (tertiary/aromatic N) is 1. The third kappa shape index (κ3) is 4.70. The van der Waals surface area contributed by atoms with Crippen molar-refractivity contribution in [1.82, 2.24) is 10.3 Å². The molecule has 0 aliphatic carbocycles. The van der Waals surface area contributed by atoms with Crippen LogP contribution in [0, 0.1) is 0 Å². The molecule has 1 heterocycles. The van der Waals surface area contributed by atoms with Crippen molar-refractivity contribution in [2.24, 2.45) is 0 Å². The quantitative estimate of drug-likeness (QED) is 0.808. The van der Waals surface area contributed by atoms with E-state index >= 15 is 0 Å². The third-order valence-electron chi connectivity index (χ3n) is 2.91. The van der Waals surface area contributed by atoms with Crippen molar-refractivity contribution >= 4 is 23.5 Å². The summed E-state index contributed by atoms with van der Waals surface area (Å²) < 4.78 is 25.0. The van der Waals surface area contributed by atoms with Crippen LogP contribution in [0.25, 0.3) is 0 Å². The minimum absolute atomic E-state index is 0.224. The lowest BCUT2D eigenvalue weighted by Gasteiger charge is -2.16. The van der Waals surface area contributed by atoms with Gasteiger partial charge in [-0.15, -0.1) is 0 Å². The van der Waals surface area contributed by atoms with E-state index in [1.54, 1.807) is 48.8 Å². The first-order valence-corrected chi connectivity index (χ1v) is 7.45. The Balaban J connectivity index is 2.00. The maximum atomic E-state index is 12.5. The zero-order valence-corrected chi connectivity index (χ0v) is 12.6. The summed E-state index contributed by atoms with van der Waals surface area (Å²) >= 11 is 0.398. The van der Waals surface area contributed by atoms with Crippen LogP contribution in [0.1, 0.15) is 18.5 Å². The molecule has 0 spiro atoms. The van der Waals surface area contributed by atoms with E-state index < -0.39 is 11.8 Å². The number of rotatable bonds is 5. The van der Waals surface area contributed by atoms with Gasteiger partial charge in [-0.3, -0.25) is 4.98 Å². The Kier molecular flexibility index (Phi) is 5.71. The van der Waals surface area contributed by atoms with Crippen molar-refractivity contribution in [1.29, 1.82) is 0 Å². The van der Waals surface area contributed by atoms with Gasteiger partial charge in [0.2, 0.25) is 0 Å². The minimum Gasteiger partial charge on any atom is -0.331 e. The van der Waals surface area contributed by atoms with Crippen molar-refractivity contribution in [3.05, 3.63) is 54.4 Å². The van der Waals surface area contributed by atoms with Gasteiger partial charge in [0.25, 0.3) is 5.76 Å². The highest BCUT2D eigenvalue weighted by Gasteiger charge is 2.13. The molecule has 1 aromatic heterocycles. The summed E-state index contributed by atoms with van der Waals surface area (Å²) in [5, 5.41) is 5.35. The number of hydrogen-bond acceptors (Lipinski definition) is 3. The van der Waals surface area contributed by atoms with E-state index in [-0.39, 0.29) is 6.04 Å². The average Bonchev–Trinajstić information content (AvgIpc) is 2.49. The van der Waals surface area contributed by atoms with Gasteiger partial charge in [-0.05, 0) is 36.8 Å². The Morgan fingerprint density at radius 3 is 2.55 bits per heavy atom. The molecule has 0 aliphatic heterocycles. The number of carbonyl (C=O) groups excluding carboxylic acids is 1. The zero-order chi connectivity index (χ0) is 15.9. The smallest absolute Gasteiger partial charge is 0.319 e. The molecule has 0 saturated carbocycles. The van der Waals surface area contributed by atoms with Crippen molar-refractivity contribution in [2.45, 2.75) is 23.6 Å². The van der Waals surface area contributed by atoms with Crippen molar-refractivity contribution in [2.75, 3.05) is 5.32 Å². The molecule has 0 bridgehead atoms. The Labute approximate surface area is 131 Å². The van der Waals surface area contributed by atoms with Crippen LogP contribution in [-0.2, 0) is 0 Å². The van der Waals surface area contributed by atoms with E-state index in [0.717, 1.165) is 5.56 Å². The number of carbonyl (C=O) groups is 1. The third-order valence-corrected chi connectivity index (χ3v) is 3.69. The molecule has 116 valence electrons. The monoisotopic (exact) mass is 323 g/mol. The number of pyridine rings is 1. The molecule has 1 unspecified atom stereocenters. The van der Waals surface area contributed by atoms with Crippen LogP contribution in [0.2, 0.25) is 0 Å². The fourth-order valence-corrected chi connectivity index (χ4v) is 2.45. The molecule has 2 aromatic rings. The van der Waals surface area contributed by atoms with Crippen LogP contribution < -0.4 is 10.6 Å². The van der Waals surface area contributed by atoms with Crippen LogP contribution in [0.3, 0.4) is 0 Å². The number of alkyl halides is 2. The van der Waals surface area contributed by atoms with Crippen molar-refractivity contribution in [3.63, 3.8) is 0 Å². The molecule has 1 atom stereocenters. The van der Waals surface area contributed by atoms with Gasteiger partial charge in [-0.2, -0.15) is 8.78 Å². The number of nitrogens with one attached hydrogen (secondary N) is 2. The highest BCUT2D eigenvalue weighted by molar-refractivity contribution is 7.99. The van der Waals surface area contributed by atoms with Crippen LogP contribution in [0.5, 0.6) is 0 Å². The molecule has 1 aromatic carbocycles. The number of aromatic nitrogens is 1. The maximum absolute atomic E-state index is 12.5. The number of amides is 2. The topological polar surface area (TPSA) is 54.0 Å². The van der Waals surface area contributed by atoms with Gasteiger partial charge in [0, 0.05) is 17.3 Å². The fraction of sp³-hybridized carbons (Fsp3) is 0.200. The van der Waals surface area contributed by atoms with Gasteiger partial charge in [0.05, 0.1) is 11.7 Å². The summed E-state index contributed by atoms with van der Waals surface area (Å²) in [5.41, 5.74) is 1.26. The standard InChI is InChI=1S/C15H15F2N3OS/c1-10(11-6-8-18-9-7-11)19-15(21)20-12-4-2-3-5-13(12)22-14(16)17/h2-10,14H,1H3,(H2,19,20,21). The second-order valence-corrected chi connectivity index (χ2v) is 5.51. The minimum atomic E-state index is -2.54. The molecule has 0 saturated heterocycles. The second-order valence-electron chi connectivity index (χ2n) is 4.48. The van der Waals surface area contributed by atoms with Crippen LogP contribution in [-0.4, -0.2) is 16.8 Å². The van der Waals surface area contributed by atoms with E-state index in [1.165, 1.54) is 0 Å². The van der Waals surface area contributed by atoms with E-state index in [4.69, 9.17) is 0 Å². The lowest BCUT2D eigenvalue weighted by molar-refractivity contribution is 0.248. The molecule has 2 rings (SSSR count). The van der Waals surface area contributed by atoms with E-state index in [2.05, 4.69) is 15.6 Å². The number of hydrogen-bond donors (Lipinski definition) is 2. The number of anilines is 1. The van der Waals surface area contributed by atoms with Gasteiger partial charge in [0.15, 0.2) is 0 Å². The first kappa shape index (κ1) is 16.2. The van der Waals surface area contributed by atoms with Gasteiger partial charge < -0.3 is 10.6 Å². The molecule has 2 N–H and O–H groups in total. The van der Waals surface area contributed by atoms with E-state index in [1.807, 2.05) is 6.92 Å². The summed E-state index contributed by atoms with van der Waals surface area (Å²) in [6.07, 6.45) is 3.28. The highest BCUT2D eigenvalue weighted by atomic mass is 32.2. The first-order chi connectivity index (χ1) is 10.6. The molecule has 22 heavy (non-hydrogen) atoms. The highest BCUT2D eigenvalue weighted by Crippen LogP contribution is 2.31. The molecule has 0 radical (unpaired) electrons. The lowest BCUT2D eigenvalue weighted by atomic mass is 10.1. The molecule has 4 nitrogen and oxygen atoms in total. The summed E-state index contributed by atoms with van der Waals surface area (Å²) in [7, 11) is 0. The van der Waals surface area contributed by atoms with Gasteiger partial charge in [0.1, 0.15) is 0 Å². The lowest BCUT2D eigenvalue weighted by Crippen LogP contribution is -2.31. The van der Waals surface area contributed by atoms with Crippen LogP contribution in [0.15, 0.2) is 53.7 Å². The summed E-state index contributed by atoms with van der Waals surface area (Å²) in [4.78, 5) is 16.2. The largest absolute Gasteiger partial charge is 0.331 e. The van der Waals surface area contributed by atoms with Crippen molar-refractivity contribution in [3.8, 4) is 0 Å². The zero-order valence-electron chi connectivity index (χ0n) is 11.8. The molecular weight excluding hydrogens is 308 g/mol. The number of benzene rings is 1. The number of urea groups is 1. The van der Waals surface area contributed by atoms with E-state index in [9.17, 15) is 13.6 Å². The normalized spacial score (nSPS) is 12.0. The SMILES string of the molecule is CC(NC(=O)Nc1ccccc1SC(F)F)c1ccncc1. The Morgan fingerprint density at radius 2 is 1.86 bits per heavy atom. The summed E-state index contributed by atoms with van der Waals surface area (Å²) in [5.74, 6) is -2.54. The first-order valence-electron chi connectivity index (χ1n) is 6.57. The average molecular weight is 323 g/mol. The summed E-state index contributed by atoms with van der Waals surface area (Å²) in [6, 6.07) is 9.37. The van der Waals surface area contributed by atoms with Crippen molar-refractivity contribution < 1.29 is 13.6 Å². The molecule has 0 fully saturated rings. The summed E-state index contributed by atoms with van der Waals surface area (Å²) in [6.45, 7) is 1.83. The number of para-hydroxylation sites is 1. The van der Waals surface area contributed by atoms with E-state index in [0.29, 0.717) is 22.3 Å². The maximum Gasteiger partial charge on any atom is 0.319 e. The van der Waals surface area contributed by atoms with Gasteiger partial charge in [-0.1, -0.05) is 23.9 Å². The second kappa shape index (κ2) is 7.74. The van der Waals surface area contributed by atoms with Gasteiger partial charge in [-0.25, -0.2) is 4.79 Å². The molecule has 0 aliphatic rings. The fourth-order valence-electron chi connectivity index (χ4n) is 1.86. The van der Waals surface area contributed by atoms with Crippen LogP contribution in [0.4, 0.5) is 19.3 Å².